The molecule has 0 bridgehead atoms. The van der Waals surface area contributed by atoms with Gasteiger partial charge in [-0.05, 0) is 54.4 Å². The average molecular weight is 453 g/mol. The van der Waals surface area contributed by atoms with Crippen LogP contribution < -0.4 is 10.1 Å². The number of nitrogens with one attached hydrogen (secondary N) is 1. The minimum absolute atomic E-state index is 0.0304. The Hall–Kier alpha value is -4.07. The number of ketones is 1. The Bertz CT molecular complexity index is 1160. The number of halogens is 2. The van der Waals surface area contributed by atoms with E-state index in [1.165, 1.54) is 12.1 Å². The number of carbonyl (C=O) groups is 3. The maximum atomic E-state index is 13.7. The predicted molar refractivity (Wildman–Crippen MR) is 117 cm³/mol. The molecule has 0 aromatic heterocycles. The van der Waals surface area contributed by atoms with E-state index >= 15 is 0 Å². The number of carbonyl (C=O) groups excluding carboxylic acids is 3. The molecule has 0 aliphatic heterocycles. The van der Waals surface area contributed by atoms with E-state index in [9.17, 15) is 23.2 Å². The molecule has 0 radical (unpaired) electrons. The van der Waals surface area contributed by atoms with Crippen molar-refractivity contribution in [3.8, 4) is 5.75 Å². The Labute approximate surface area is 189 Å². The van der Waals surface area contributed by atoms with Gasteiger partial charge in [-0.25, -0.2) is 13.6 Å². The van der Waals surface area contributed by atoms with E-state index in [4.69, 9.17) is 9.47 Å². The van der Waals surface area contributed by atoms with E-state index in [1.54, 1.807) is 31.4 Å². The second-order valence-corrected chi connectivity index (χ2v) is 7.07. The molecule has 1 N–H and O–H groups in total. The minimum Gasteiger partial charge on any atom is -0.497 e. The van der Waals surface area contributed by atoms with Crippen molar-refractivity contribution in [2.45, 2.75) is 12.8 Å². The summed E-state index contributed by atoms with van der Waals surface area (Å²) in [6.45, 7) is -0.779. The molecule has 8 heteroatoms. The number of esters is 1. The SMILES string of the molecule is COc1ccc(CCC(=O)Nc2ccccc2C(=O)OCC(=O)c2cc(F)ccc2F)cc1. The Kier molecular flexibility index (Phi) is 7.86. The molecule has 0 aliphatic rings. The van der Waals surface area contributed by atoms with E-state index < -0.39 is 35.6 Å². The molecule has 0 atom stereocenters. The lowest BCUT2D eigenvalue weighted by atomic mass is 10.1. The van der Waals surface area contributed by atoms with Crippen LogP contribution in [-0.4, -0.2) is 31.4 Å². The predicted octanol–water partition coefficient (Wildman–Crippen LogP) is 4.58. The van der Waals surface area contributed by atoms with E-state index in [2.05, 4.69) is 5.32 Å². The molecule has 0 heterocycles. The van der Waals surface area contributed by atoms with Gasteiger partial charge in [0.05, 0.1) is 23.9 Å². The zero-order chi connectivity index (χ0) is 23.8. The molecule has 6 nitrogen and oxygen atoms in total. The summed E-state index contributed by atoms with van der Waals surface area (Å²) in [5.41, 5.74) is 0.680. The van der Waals surface area contributed by atoms with Gasteiger partial charge >= 0.3 is 5.97 Å². The van der Waals surface area contributed by atoms with Gasteiger partial charge in [-0.1, -0.05) is 24.3 Å². The maximum Gasteiger partial charge on any atom is 0.340 e. The zero-order valence-electron chi connectivity index (χ0n) is 17.8. The maximum absolute atomic E-state index is 13.7. The first-order valence-corrected chi connectivity index (χ1v) is 10.0. The van der Waals surface area contributed by atoms with Crippen molar-refractivity contribution in [2.24, 2.45) is 0 Å². The number of methoxy groups -OCH3 is 1. The number of para-hydroxylation sites is 1. The standard InChI is InChI=1S/C25H21F2NO5/c1-32-18-10-6-16(7-11-18)8-13-24(30)28-22-5-3-2-4-19(22)25(31)33-15-23(29)20-14-17(26)9-12-21(20)27/h2-7,9-12,14H,8,13,15H2,1H3,(H,28,30). The third-order valence-electron chi connectivity index (χ3n) is 4.78. The van der Waals surface area contributed by atoms with Crippen LogP contribution in [0.5, 0.6) is 5.75 Å². The second-order valence-electron chi connectivity index (χ2n) is 7.07. The Morgan fingerprint density at radius 3 is 2.36 bits per heavy atom. The van der Waals surface area contributed by atoms with Crippen molar-refractivity contribution in [2.75, 3.05) is 19.0 Å². The number of aryl methyl sites for hydroxylation is 1. The van der Waals surface area contributed by atoms with Crippen molar-refractivity contribution >= 4 is 23.3 Å². The van der Waals surface area contributed by atoms with Gasteiger partial charge in [-0.15, -0.1) is 0 Å². The van der Waals surface area contributed by atoms with Crippen molar-refractivity contribution < 1.29 is 32.6 Å². The summed E-state index contributed by atoms with van der Waals surface area (Å²) in [4.78, 5) is 37.0. The first-order valence-electron chi connectivity index (χ1n) is 10.0. The van der Waals surface area contributed by atoms with Gasteiger partial charge in [-0.2, -0.15) is 0 Å². The van der Waals surface area contributed by atoms with Gasteiger partial charge in [-0.3, -0.25) is 9.59 Å². The second kappa shape index (κ2) is 11.0. The first-order chi connectivity index (χ1) is 15.9. The number of hydrogen-bond donors (Lipinski definition) is 1. The van der Waals surface area contributed by atoms with Crippen molar-refractivity contribution in [1.29, 1.82) is 0 Å². The molecule has 3 aromatic carbocycles. The van der Waals surface area contributed by atoms with E-state index in [1.807, 2.05) is 12.1 Å². The van der Waals surface area contributed by atoms with Crippen LogP contribution in [0.2, 0.25) is 0 Å². The molecule has 1 amide bonds. The number of benzene rings is 3. The van der Waals surface area contributed by atoms with Crippen LogP contribution in [-0.2, 0) is 16.0 Å². The molecule has 0 spiro atoms. The van der Waals surface area contributed by atoms with Crippen LogP contribution in [0.1, 0.15) is 32.7 Å². The number of anilines is 1. The topological polar surface area (TPSA) is 81.7 Å². The molecule has 3 aromatic rings. The molecular weight excluding hydrogens is 432 g/mol. The highest BCUT2D eigenvalue weighted by Crippen LogP contribution is 2.18. The monoisotopic (exact) mass is 453 g/mol. The van der Waals surface area contributed by atoms with Gasteiger partial charge in [0.25, 0.3) is 0 Å². The lowest BCUT2D eigenvalue weighted by Gasteiger charge is -2.11. The molecule has 0 saturated heterocycles. The number of ether oxygens (including phenoxy) is 2. The summed E-state index contributed by atoms with van der Waals surface area (Å²) in [7, 11) is 1.57. The van der Waals surface area contributed by atoms with E-state index in [-0.39, 0.29) is 23.6 Å². The number of rotatable bonds is 9. The van der Waals surface area contributed by atoms with Crippen LogP contribution in [0.3, 0.4) is 0 Å². The summed E-state index contributed by atoms with van der Waals surface area (Å²) in [5.74, 6) is -3.07. The Morgan fingerprint density at radius 2 is 1.64 bits per heavy atom. The van der Waals surface area contributed by atoms with Crippen LogP contribution in [0, 0.1) is 11.6 Å². The highest BCUT2D eigenvalue weighted by atomic mass is 19.1. The van der Waals surface area contributed by atoms with Crippen LogP contribution in [0.25, 0.3) is 0 Å². The van der Waals surface area contributed by atoms with Gasteiger partial charge in [0.1, 0.15) is 17.4 Å². The van der Waals surface area contributed by atoms with E-state index in [0.29, 0.717) is 12.2 Å². The summed E-state index contributed by atoms with van der Waals surface area (Å²) < 4.78 is 37.1. The summed E-state index contributed by atoms with van der Waals surface area (Å²) in [6.07, 6.45) is 0.656. The average Bonchev–Trinajstić information content (AvgIpc) is 2.83. The van der Waals surface area contributed by atoms with E-state index in [0.717, 1.165) is 23.8 Å². The molecular formula is C25H21F2NO5. The minimum atomic E-state index is -0.915. The molecule has 170 valence electrons. The normalized spacial score (nSPS) is 10.4. The fourth-order valence-electron chi connectivity index (χ4n) is 3.03. The van der Waals surface area contributed by atoms with Crippen LogP contribution in [0.15, 0.2) is 66.7 Å². The number of Topliss-reactive ketones (excluding diaryl/α,β-unsaturated/α-hetero) is 1. The Morgan fingerprint density at radius 1 is 0.909 bits per heavy atom. The van der Waals surface area contributed by atoms with Crippen LogP contribution >= 0.6 is 0 Å². The molecule has 0 unspecified atom stereocenters. The quantitative estimate of drug-likeness (QED) is 0.379. The molecule has 0 aliphatic carbocycles. The highest BCUT2D eigenvalue weighted by Gasteiger charge is 2.18. The first kappa shape index (κ1) is 23.6. The number of amides is 1. The number of hydrogen-bond acceptors (Lipinski definition) is 5. The van der Waals surface area contributed by atoms with Gasteiger partial charge < -0.3 is 14.8 Å². The fourth-order valence-corrected chi connectivity index (χ4v) is 3.03. The van der Waals surface area contributed by atoms with Gasteiger partial charge in [0.2, 0.25) is 11.7 Å². The largest absolute Gasteiger partial charge is 0.497 e. The third kappa shape index (κ3) is 6.46. The molecule has 0 saturated carbocycles. The third-order valence-corrected chi connectivity index (χ3v) is 4.78. The van der Waals surface area contributed by atoms with Crippen molar-refractivity contribution in [3.05, 3.63) is 95.1 Å². The molecule has 3 rings (SSSR count). The Balaban J connectivity index is 1.59. The lowest BCUT2D eigenvalue weighted by Crippen LogP contribution is -2.19. The summed E-state index contributed by atoms with van der Waals surface area (Å²) in [5, 5.41) is 2.66. The zero-order valence-corrected chi connectivity index (χ0v) is 17.8. The summed E-state index contributed by atoms with van der Waals surface area (Å²) >= 11 is 0. The fraction of sp³-hybridized carbons (Fsp3) is 0.160. The van der Waals surface area contributed by atoms with Crippen LogP contribution in [0.4, 0.5) is 14.5 Å². The van der Waals surface area contributed by atoms with Gasteiger partial charge in [0.15, 0.2) is 6.61 Å². The highest BCUT2D eigenvalue weighted by molar-refractivity contribution is 6.03. The molecule has 0 fully saturated rings. The lowest BCUT2D eigenvalue weighted by molar-refractivity contribution is -0.116. The smallest absolute Gasteiger partial charge is 0.340 e. The van der Waals surface area contributed by atoms with Crippen molar-refractivity contribution in [3.63, 3.8) is 0 Å². The van der Waals surface area contributed by atoms with Gasteiger partial charge in [0, 0.05) is 6.42 Å². The van der Waals surface area contributed by atoms with Crippen molar-refractivity contribution in [1.82, 2.24) is 0 Å². The summed E-state index contributed by atoms with van der Waals surface area (Å²) in [6, 6.07) is 15.9. The molecule has 33 heavy (non-hydrogen) atoms.